The Bertz CT molecular complexity index is 1450. The van der Waals surface area contributed by atoms with E-state index in [1.807, 2.05) is 44.2 Å². The van der Waals surface area contributed by atoms with E-state index in [-0.39, 0.29) is 30.6 Å². The molecule has 0 aliphatic carbocycles. The smallest absolute Gasteiger partial charge is 0.244 e. The molecule has 3 aromatic carbocycles. The molecule has 2 amide bonds. The number of rotatable bonds is 11. The van der Waals surface area contributed by atoms with Crippen LogP contribution >= 0.6 is 34.8 Å². The van der Waals surface area contributed by atoms with Crippen LogP contribution in [0.1, 0.15) is 30.5 Å². The summed E-state index contributed by atoms with van der Waals surface area (Å²) in [4.78, 5) is 29.1. The minimum Gasteiger partial charge on any atom is -0.352 e. The monoisotopic (exact) mass is 623 g/mol. The third-order valence-electron chi connectivity index (χ3n) is 6.28. The second kappa shape index (κ2) is 13.7. The fourth-order valence-electron chi connectivity index (χ4n) is 4.25. The normalized spacial score (nSPS) is 12.2. The third-order valence-corrected chi connectivity index (χ3v) is 8.52. The van der Waals surface area contributed by atoms with Gasteiger partial charge in [-0.15, -0.1) is 0 Å². The van der Waals surface area contributed by atoms with Crippen LogP contribution < -0.4 is 9.62 Å². The maximum Gasteiger partial charge on any atom is 0.244 e. The maximum atomic E-state index is 14.1. The van der Waals surface area contributed by atoms with Gasteiger partial charge in [-0.25, -0.2) is 8.42 Å². The number of hydrogen-bond donors (Lipinski definition) is 1. The van der Waals surface area contributed by atoms with Gasteiger partial charge in [0.1, 0.15) is 12.6 Å². The molecule has 214 valence electrons. The van der Waals surface area contributed by atoms with Gasteiger partial charge >= 0.3 is 0 Å². The van der Waals surface area contributed by atoms with Gasteiger partial charge in [0.05, 0.1) is 11.9 Å². The molecule has 0 spiro atoms. The molecule has 0 aromatic heterocycles. The highest BCUT2D eigenvalue weighted by atomic mass is 35.5. The molecule has 0 unspecified atom stereocenters. The Morgan fingerprint density at radius 1 is 0.875 bits per heavy atom. The summed E-state index contributed by atoms with van der Waals surface area (Å²) >= 11 is 19.2. The van der Waals surface area contributed by atoms with Crippen LogP contribution in [0.25, 0.3) is 0 Å². The van der Waals surface area contributed by atoms with E-state index in [0.29, 0.717) is 26.2 Å². The molecular weight excluding hydrogens is 593 g/mol. The summed E-state index contributed by atoms with van der Waals surface area (Å²) in [7, 11) is -3.92. The zero-order valence-corrected chi connectivity index (χ0v) is 25.8. The van der Waals surface area contributed by atoms with Crippen molar-refractivity contribution < 1.29 is 18.0 Å². The lowest BCUT2D eigenvalue weighted by Crippen LogP contribution is -2.54. The van der Waals surface area contributed by atoms with E-state index in [9.17, 15) is 18.0 Å². The molecule has 0 saturated heterocycles. The first-order valence-electron chi connectivity index (χ1n) is 12.6. The Labute approximate surface area is 251 Å². The van der Waals surface area contributed by atoms with Gasteiger partial charge in [0.2, 0.25) is 21.8 Å². The van der Waals surface area contributed by atoms with Crippen molar-refractivity contribution in [3.05, 3.63) is 98.5 Å². The van der Waals surface area contributed by atoms with Gasteiger partial charge in [-0.3, -0.25) is 13.9 Å². The van der Waals surface area contributed by atoms with E-state index in [4.69, 9.17) is 34.8 Å². The van der Waals surface area contributed by atoms with Crippen LogP contribution in [0.15, 0.2) is 66.7 Å². The van der Waals surface area contributed by atoms with Crippen molar-refractivity contribution >= 4 is 62.3 Å². The van der Waals surface area contributed by atoms with E-state index in [2.05, 4.69) is 5.32 Å². The number of benzene rings is 3. The largest absolute Gasteiger partial charge is 0.352 e. The number of carbonyl (C=O) groups is 2. The second-order valence-electron chi connectivity index (χ2n) is 9.74. The molecule has 11 heteroatoms. The highest BCUT2D eigenvalue weighted by molar-refractivity contribution is 7.92. The highest BCUT2D eigenvalue weighted by Gasteiger charge is 2.34. The molecule has 0 heterocycles. The summed E-state index contributed by atoms with van der Waals surface area (Å²) in [6.07, 6.45) is 1.20. The van der Waals surface area contributed by atoms with Gasteiger partial charge in [0.25, 0.3) is 0 Å². The molecule has 0 fully saturated rings. The van der Waals surface area contributed by atoms with Crippen molar-refractivity contribution in [2.75, 3.05) is 17.1 Å². The number of hydrogen-bond acceptors (Lipinski definition) is 4. The Kier molecular flexibility index (Phi) is 10.9. The number of sulfonamides is 1. The molecule has 1 N–H and O–H groups in total. The maximum absolute atomic E-state index is 14.1. The summed E-state index contributed by atoms with van der Waals surface area (Å²) in [6.45, 7) is 4.63. The minimum atomic E-state index is -3.92. The van der Waals surface area contributed by atoms with Gasteiger partial charge in [0, 0.05) is 39.6 Å². The van der Waals surface area contributed by atoms with Gasteiger partial charge in [0.15, 0.2) is 0 Å². The van der Waals surface area contributed by atoms with E-state index >= 15 is 0 Å². The van der Waals surface area contributed by atoms with E-state index in [0.717, 1.165) is 16.1 Å². The first-order valence-corrected chi connectivity index (χ1v) is 15.6. The number of halogens is 3. The van der Waals surface area contributed by atoms with Crippen molar-refractivity contribution in [3.63, 3.8) is 0 Å². The summed E-state index contributed by atoms with van der Waals surface area (Å²) in [5, 5.41) is 3.89. The van der Waals surface area contributed by atoms with Crippen LogP contribution in [-0.2, 0) is 32.6 Å². The van der Waals surface area contributed by atoms with Crippen molar-refractivity contribution in [1.29, 1.82) is 0 Å². The van der Waals surface area contributed by atoms with Crippen LogP contribution in [0.2, 0.25) is 15.1 Å². The van der Waals surface area contributed by atoms with Crippen molar-refractivity contribution in [3.8, 4) is 0 Å². The molecule has 0 aliphatic heterocycles. The zero-order valence-electron chi connectivity index (χ0n) is 22.7. The fourth-order valence-corrected chi connectivity index (χ4v) is 5.84. The molecule has 40 heavy (non-hydrogen) atoms. The SMILES string of the molecule is Cc1c(Cl)cccc1N(CC(=O)N(Cc1c(Cl)cccc1Cl)[C@H](Cc1ccccc1)C(=O)NC(C)C)S(C)(=O)=O. The predicted molar refractivity (Wildman–Crippen MR) is 163 cm³/mol. The average molecular weight is 625 g/mol. The first-order chi connectivity index (χ1) is 18.8. The Hall–Kier alpha value is -2.78. The van der Waals surface area contributed by atoms with Crippen LogP contribution in [0.3, 0.4) is 0 Å². The zero-order chi connectivity index (χ0) is 29.6. The number of amides is 2. The lowest BCUT2D eigenvalue weighted by molar-refractivity contribution is -0.140. The topological polar surface area (TPSA) is 86.8 Å². The van der Waals surface area contributed by atoms with Crippen LogP contribution in [0.4, 0.5) is 5.69 Å². The van der Waals surface area contributed by atoms with Gasteiger partial charge < -0.3 is 10.2 Å². The summed E-state index contributed by atoms with van der Waals surface area (Å²) in [5.74, 6) is -0.999. The predicted octanol–water partition coefficient (Wildman–Crippen LogP) is 5.89. The molecular formula is C29H32Cl3N3O4S. The quantitative estimate of drug-likeness (QED) is 0.289. The highest BCUT2D eigenvalue weighted by Crippen LogP contribution is 2.30. The summed E-state index contributed by atoms with van der Waals surface area (Å²) in [5.41, 5.74) is 2.03. The summed E-state index contributed by atoms with van der Waals surface area (Å²) < 4.78 is 26.9. The van der Waals surface area contributed by atoms with Crippen molar-refractivity contribution in [2.45, 2.75) is 45.8 Å². The van der Waals surface area contributed by atoms with Gasteiger partial charge in [-0.05, 0) is 56.2 Å². The molecule has 7 nitrogen and oxygen atoms in total. The Morgan fingerprint density at radius 3 is 2.02 bits per heavy atom. The molecule has 0 radical (unpaired) electrons. The minimum absolute atomic E-state index is 0.119. The Balaban J connectivity index is 2.13. The standard InChI is InChI=1S/C29H32Cl3N3O4S/c1-19(2)33-29(37)27(16-21-10-6-5-7-11-21)34(17-22-24(31)13-8-14-25(22)32)28(36)18-35(40(4,38)39)26-15-9-12-23(30)20(26)3/h5-15,19,27H,16-18H2,1-4H3,(H,33,37)/t27-/m1/s1. The number of nitrogens with zero attached hydrogens (tertiary/aromatic N) is 2. The first kappa shape index (κ1) is 31.7. The fraction of sp³-hybridized carbons (Fsp3) is 0.310. The van der Waals surface area contributed by atoms with Crippen LogP contribution in [0.5, 0.6) is 0 Å². The van der Waals surface area contributed by atoms with Gasteiger partial charge in [-0.2, -0.15) is 0 Å². The van der Waals surface area contributed by atoms with Crippen LogP contribution in [-0.4, -0.2) is 50.0 Å². The summed E-state index contributed by atoms with van der Waals surface area (Å²) in [6, 6.07) is 17.9. The van der Waals surface area contributed by atoms with Crippen LogP contribution in [0, 0.1) is 6.92 Å². The number of carbonyl (C=O) groups excluding carboxylic acids is 2. The molecule has 0 bridgehead atoms. The van der Waals surface area contributed by atoms with E-state index < -0.39 is 28.5 Å². The molecule has 3 aromatic rings. The molecule has 0 saturated carbocycles. The second-order valence-corrected chi connectivity index (χ2v) is 12.9. The van der Waals surface area contributed by atoms with Crippen molar-refractivity contribution in [2.24, 2.45) is 0 Å². The molecule has 0 aliphatic rings. The lowest BCUT2D eigenvalue weighted by Gasteiger charge is -2.34. The molecule has 3 rings (SSSR count). The lowest BCUT2D eigenvalue weighted by atomic mass is 10.0. The van der Waals surface area contributed by atoms with Crippen molar-refractivity contribution in [1.82, 2.24) is 10.2 Å². The Morgan fingerprint density at radius 2 is 1.45 bits per heavy atom. The number of nitrogens with one attached hydrogen (secondary N) is 1. The van der Waals surface area contributed by atoms with E-state index in [1.54, 1.807) is 43.3 Å². The number of anilines is 1. The molecule has 1 atom stereocenters. The third kappa shape index (κ3) is 8.13. The van der Waals surface area contributed by atoms with E-state index in [1.165, 1.54) is 4.90 Å². The average Bonchev–Trinajstić information content (AvgIpc) is 2.87. The van der Waals surface area contributed by atoms with Gasteiger partial charge in [-0.1, -0.05) is 77.3 Å².